The van der Waals surface area contributed by atoms with Gasteiger partial charge in [0.1, 0.15) is 0 Å². The molecule has 1 unspecified atom stereocenters. The number of amides is 2. The van der Waals surface area contributed by atoms with E-state index in [0.29, 0.717) is 30.4 Å². The van der Waals surface area contributed by atoms with E-state index in [0.717, 1.165) is 31.5 Å². The van der Waals surface area contributed by atoms with Crippen LogP contribution in [0.15, 0.2) is 24.3 Å². The van der Waals surface area contributed by atoms with Gasteiger partial charge in [0.2, 0.25) is 11.8 Å². The van der Waals surface area contributed by atoms with Crippen LogP contribution in [-0.2, 0) is 11.3 Å². The molecule has 23 heavy (non-hydrogen) atoms. The average Bonchev–Trinajstić information content (AvgIpc) is 2.54. The van der Waals surface area contributed by atoms with Crippen molar-refractivity contribution in [1.82, 2.24) is 10.6 Å². The van der Waals surface area contributed by atoms with Crippen molar-refractivity contribution in [2.45, 2.75) is 32.7 Å². The summed E-state index contributed by atoms with van der Waals surface area (Å²) in [6.45, 7) is 4.69. The van der Waals surface area contributed by atoms with Gasteiger partial charge >= 0.3 is 0 Å². The van der Waals surface area contributed by atoms with Crippen molar-refractivity contribution in [2.24, 2.45) is 17.6 Å². The predicted molar refractivity (Wildman–Crippen MR) is 93.4 cm³/mol. The van der Waals surface area contributed by atoms with Gasteiger partial charge in [-0.3, -0.25) is 9.59 Å². The third-order valence-electron chi connectivity index (χ3n) is 4.40. The third-order valence-corrected chi connectivity index (χ3v) is 4.40. The summed E-state index contributed by atoms with van der Waals surface area (Å²) in [7, 11) is 0. The predicted octanol–water partition coefficient (Wildman–Crippen LogP) is 1.85. The molecule has 1 fully saturated rings. The Bertz CT molecular complexity index is 530. The molecule has 1 aromatic carbocycles. The molecule has 0 bridgehead atoms. The molecule has 0 aromatic heterocycles. The molecule has 6 heteroatoms. The van der Waals surface area contributed by atoms with Gasteiger partial charge in [-0.05, 0) is 55.5 Å². The normalized spacial score (nSPS) is 16.2. The summed E-state index contributed by atoms with van der Waals surface area (Å²) < 4.78 is 0. The fourth-order valence-electron chi connectivity index (χ4n) is 2.98. The van der Waals surface area contributed by atoms with Crippen LogP contribution in [0.5, 0.6) is 0 Å². The number of nitrogens with one attached hydrogen (secondary N) is 2. The van der Waals surface area contributed by atoms with Gasteiger partial charge in [0, 0.05) is 18.5 Å². The Morgan fingerprint density at radius 2 is 2.04 bits per heavy atom. The van der Waals surface area contributed by atoms with Crippen LogP contribution in [0.25, 0.3) is 0 Å². The molecule has 0 aliphatic carbocycles. The van der Waals surface area contributed by atoms with Crippen LogP contribution in [0, 0.1) is 11.8 Å². The van der Waals surface area contributed by atoms with Gasteiger partial charge in [0.15, 0.2) is 0 Å². The molecule has 1 aromatic rings. The second-order valence-corrected chi connectivity index (χ2v) is 6.11. The van der Waals surface area contributed by atoms with E-state index in [4.69, 9.17) is 5.73 Å². The van der Waals surface area contributed by atoms with Crippen molar-refractivity contribution in [2.75, 3.05) is 13.1 Å². The standard InChI is InChI=1S/C17H25N3O2.ClH/c1-12(14-5-7-19-8-6-14)9-16(21)20-11-13-3-2-4-15(10-13)17(18)22;/h2-4,10,12,14,19H,5-9,11H2,1H3,(H2,18,22)(H,20,21);1H. The lowest BCUT2D eigenvalue weighted by atomic mass is 9.84. The number of halogens is 1. The van der Waals surface area contributed by atoms with Crippen LogP contribution >= 0.6 is 12.4 Å². The second kappa shape index (κ2) is 9.53. The number of primary amides is 1. The van der Waals surface area contributed by atoms with E-state index >= 15 is 0 Å². The highest BCUT2D eigenvalue weighted by molar-refractivity contribution is 5.92. The monoisotopic (exact) mass is 339 g/mol. The number of carbonyl (C=O) groups excluding carboxylic acids is 2. The highest BCUT2D eigenvalue weighted by Gasteiger charge is 2.21. The minimum atomic E-state index is -0.451. The minimum Gasteiger partial charge on any atom is -0.366 e. The maximum absolute atomic E-state index is 12.1. The molecule has 0 saturated carbocycles. The highest BCUT2D eigenvalue weighted by Crippen LogP contribution is 2.24. The van der Waals surface area contributed by atoms with Gasteiger partial charge in [-0.25, -0.2) is 0 Å². The molecule has 1 aliphatic rings. The Labute approximate surface area is 143 Å². The van der Waals surface area contributed by atoms with Crippen LogP contribution in [-0.4, -0.2) is 24.9 Å². The Morgan fingerprint density at radius 1 is 1.35 bits per heavy atom. The largest absolute Gasteiger partial charge is 0.366 e. The number of carbonyl (C=O) groups is 2. The molecule has 0 radical (unpaired) electrons. The minimum absolute atomic E-state index is 0. The summed E-state index contributed by atoms with van der Waals surface area (Å²) in [4.78, 5) is 23.2. The summed E-state index contributed by atoms with van der Waals surface area (Å²) in [5, 5.41) is 6.27. The maximum Gasteiger partial charge on any atom is 0.248 e. The lowest BCUT2D eigenvalue weighted by Crippen LogP contribution is -2.33. The molecule has 4 N–H and O–H groups in total. The summed E-state index contributed by atoms with van der Waals surface area (Å²) in [5.74, 6) is 0.646. The molecular weight excluding hydrogens is 314 g/mol. The number of piperidine rings is 1. The Hall–Kier alpha value is -1.59. The van der Waals surface area contributed by atoms with Gasteiger partial charge in [0.25, 0.3) is 0 Å². The fourth-order valence-corrected chi connectivity index (χ4v) is 2.98. The average molecular weight is 340 g/mol. The van der Waals surface area contributed by atoms with Crippen LogP contribution in [0.3, 0.4) is 0 Å². The summed E-state index contributed by atoms with van der Waals surface area (Å²) in [6.07, 6.45) is 2.85. The van der Waals surface area contributed by atoms with E-state index in [1.54, 1.807) is 18.2 Å². The first-order chi connectivity index (χ1) is 10.6. The fraction of sp³-hybridized carbons (Fsp3) is 0.529. The van der Waals surface area contributed by atoms with Crippen LogP contribution in [0.4, 0.5) is 0 Å². The Kier molecular flexibility index (Phi) is 8.06. The van der Waals surface area contributed by atoms with Crippen LogP contribution in [0.1, 0.15) is 42.1 Å². The first-order valence-corrected chi connectivity index (χ1v) is 7.92. The lowest BCUT2D eigenvalue weighted by Gasteiger charge is -2.27. The lowest BCUT2D eigenvalue weighted by molar-refractivity contribution is -0.122. The molecule has 1 atom stereocenters. The molecule has 2 rings (SSSR count). The van der Waals surface area contributed by atoms with Gasteiger partial charge in [-0.15, -0.1) is 12.4 Å². The van der Waals surface area contributed by atoms with E-state index in [2.05, 4.69) is 17.6 Å². The molecule has 1 heterocycles. The van der Waals surface area contributed by atoms with Gasteiger partial charge in [-0.1, -0.05) is 19.1 Å². The number of rotatable bonds is 6. The number of nitrogens with two attached hydrogens (primary N) is 1. The van der Waals surface area contributed by atoms with Crippen LogP contribution in [0.2, 0.25) is 0 Å². The van der Waals surface area contributed by atoms with Crippen molar-refractivity contribution in [3.63, 3.8) is 0 Å². The molecule has 0 spiro atoms. The highest BCUT2D eigenvalue weighted by atomic mass is 35.5. The van der Waals surface area contributed by atoms with E-state index in [1.807, 2.05) is 6.07 Å². The molecule has 1 aliphatic heterocycles. The van der Waals surface area contributed by atoms with Crippen molar-refractivity contribution in [1.29, 1.82) is 0 Å². The number of hydrogen-bond donors (Lipinski definition) is 3. The van der Waals surface area contributed by atoms with Crippen molar-refractivity contribution < 1.29 is 9.59 Å². The van der Waals surface area contributed by atoms with Gasteiger partial charge in [0.05, 0.1) is 0 Å². The quantitative estimate of drug-likeness (QED) is 0.739. The number of benzene rings is 1. The van der Waals surface area contributed by atoms with Crippen molar-refractivity contribution in [3.05, 3.63) is 35.4 Å². The van der Waals surface area contributed by atoms with Crippen LogP contribution < -0.4 is 16.4 Å². The van der Waals surface area contributed by atoms with E-state index in [1.165, 1.54) is 0 Å². The molecule has 128 valence electrons. The third kappa shape index (κ3) is 6.20. The SMILES string of the molecule is CC(CC(=O)NCc1cccc(C(N)=O)c1)C1CCNCC1.Cl. The molecule has 2 amide bonds. The molecule has 5 nitrogen and oxygen atoms in total. The van der Waals surface area contributed by atoms with Gasteiger partial charge in [-0.2, -0.15) is 0 Å². The maximum atomic E-state index is 12.1. The molecular formula is C17H26ClN3O2. The van der Waals surface area contributed by atoms with Crippen molar-refractivity contribution in [3.8, 4) is 0 Å². The Balaban J connectivity index is 0.00000264. The number of hydrogen-bond acceptors (Lipinski definition) is 3. The topological polar surface area (TPSA) is 84.2 Å². The zero-order valence-electron chi connectivity index (χ0n) is 13.5. The van der Waals surface area contributed by atoms with E-state index < -0.39 is 5.91 Å². The van der Waals surface area contributed by atoms with Gasteiger partial charge < -0.3 is 16.4 Å². The summed E-state index contributed by atoms with van der Waals surface area (Å²) in [6, 6.07) is 7.05. The second-order valence-electron chi connectivity index (χ2n) is 6.11. The molecule has 1 saturated heterocycles. The summed E-state index contributed by atoms with van der Waals surface area (Å²) >= 11 is 0. The smallest absolute Gasteiger partial charge is 0.248 e. The zero-order chi connectivity index (χ0) is 15.9. The van der Waals surface area contributed by atoms with E-state index in [9.17, 15) is 9.59 Å². The summed E-state index contributed by atoms with van der Waals surface area (Å²) in [5.41, 5.74) is 6.61. The first kappa shape index (κ1) is 19.5. The zero-order valence-corrected chi connectivity index (χ0v) is 14.3. The first-order valence-electron chi connectivity index (χ1n) is 7.92. The van der Waals surface area contributed by atoms with Crippen molar-refractivity contribution >= 4 is 24.2 Å². The van der Waals surface area contributed by atoms with E-state index in [-0.39, 0.29) is 18.3 Å². The Morgan fingerprint density at radius 3 is 2.70 bits per heavy atom.